The second kappa shape index (κ2) is 7.77. The number of nitrogens with zero attached hydrogens (tertiary/aromatic N) is 2. The predicted molar refractivity (Wildman–Crippen MR) is 102 cm³/mol. The summed E-state index contributed by atoms with van der Waals surface area (Å²) in [6.45, 7) is 2.80. The fourth-order valence-corrected chi connectivity index (χ4v) is 4.13. The van der Waals surface area contributed by atoms with Crippen LogP contribution in [0.3, 0.4) is 0 Å². The van der Waals surface area contributed by atoms with E-state index in [9.17, 15) is 34.8 Å². The molecule has 0 radical (unpaired) electrons. The minimum absolute atomic E-state index is 0.0560. The monoisotopic (exact) mass is 462 g/mol. The first-order valence-electron chi connectivity index (χ1n) is 9.00. The Hall–Kier alpha value is -2.69. The van der Waals surface area contributed by atoms with Crippen molar-refractivity contribution in [2.45, 2.75) is 37.5 Å². The topological polar surface area (TPSA) is 59.9 Å². The van der Waals surface area contributed by atoms with Crippen molar-refractivity contribution >= 4 is 15.9 Å². The maximum atomic E-state index is 13.2. The van der Waals surface area contributed by atoms with Crippen LogP contribution in [0.5, 0.6) is 0 Å². The molecule has 166 valence electrons. The van der Waals surface area contributed by atoms with Gasteiger partial charge in [-0.15, -0.1) is 0 Å². The highest BCUT2D eigenvalue weighted by Crippen LogP contribution is 2.36. The van der Waals surface area contributed by atoms with Gasteiger partial charge in [0.25, 0.3) is 0 Å². The van der Waals surface area contributed by atoms with E-state index in [-0.39, 0.29) is 23.5 Å². The second-order valence-electron chi connectivity index (χ2n) is 6.87. The molecule has 31 heavy (non-hydrogen) atoms. The molecule has 0 amide bonds. The van der Waals surface area contributed by atoms with E-state index < -0.39 is 44.0 Å². The SMILES string of the molecule is CCS(=O)(=O)c1cc(C(F)(F)F)cnc1-c1nc2c(cc1C)CC=CC(C(F)(F)F)=C2. The Bertz CT molecular complexity index is 1200. The van der Waals surface area contributed by atoms with E-state index in [4.69, 9.17) is 0 Å². The van der Waals surface area contributed by atoms with E-state index in [0.717, 1.165) is 12.2 Å². The van der Waals surface area contributed by atoms with Gasteiger partial charge in [-0.1, -0.05) is 25.1 Å². The number of sulfone groups is 1. The van der Waals surface area contributed by atoms with Gasteiger partial charge in [-0.25, -0.2) is 13.4 Å². The van der Waals surface area contributed by atoms with Crippen LogP contribution in [0.2, 0.25) is 0 Å². The lowest BCUT2D eigenvalue weighted by Gasteiger charge is -2.15. The number of alkyl halides is 6. The molecule has 4 nitrogen and oxygen atoms in total. The van der Waals surface area contributed by atoms with Crippen LogP contribution in [0.1, 0.15) is 29.3 Å². The molecular weight excluding hydrogens is 446 g/mol. The van der Waals surface area contributed by atoms with Crippen LogP contribution >= 0.6 is 0 Å². The summed E-state index contributed by atoms with van der Waals surface area (Å²) in [6, 6.07) is 2.01. The highest BCUT2D eigenvalue weighted by molar-refractivity contribution is 7.91. The van der Waals surface area contributed by atoms with Gasteiger partial charge >= 0.3 is 12.4 Å². The maximum absolute atomic E-state index is 13.2. The first-order valence-corrected chi connectivity index (χ1v) is 10.7. The van der Waals surface area contributed by atoms with Crippen molar-refractivity contribution < 1.29 is 34.8 Å². The number of pyridine rings is 2. The van der Waals surface area contributed by atoms with Crippen molar-refractivity contribution in [1.29, 1.82) is 0 Å². The van der Waals surface area contributed by atoms with Crippen molar-refractivity contribution in [3.63, 3.8) is 0 Å². The first-order chi connectivity index (χ1) is 14.2. The molecular formula is C20H16F6N2O2S. The summed E-state index contributed by atoms with van der Waals surface area (Å²) in [7, 11) is -4.15. The van der Waals surface area contributed by atoms with Gasteiger partial charge in [-0.3, -0.25) is 4.98 Å². The molecule has 0 aromatic carbocycles. The highest BCUT2D eigenvalue weighted by atomic mass is 32.2. The fourth-order valence-electron chi connectivity index (χ4n) is 3.07. The molecule has 0 N–H and O–H groups in total. The normalized spacial score (nSPS) is 14.8. The van der Waals surface area contributed by atoms with Gasteiger partial charge in [0.1, 0.15) is 5.69 Å². The molecule has 0 bridgehead atoms. The Kier molecular flexibility index (Phi) is 5.76. The molecule has 0 atom stereocenters. The quantitative estimate of drug-likeness (QED) is 0.579. The van der Waals surface area contributed by atoms with Gasteiger partial charge in [0.2, 0.25) is 0 Å². The Morgan fingerprint density at radius 1 is 1.03 bits per heavy atom. The van der Waals surface area contributed by atoms with Crippen LogP contribution < -0.4 is 0 Å². The van der Waals surface area contributed by atoms with Crippen molar-refractivity contribution in [1.82, 2.24) is 9.97 Å². The summed E-state index contributed by atoms with van der Waals surface area (Å²) in [5.74, 6) is -0.491. The van der Waals surface area contributed by atoms with Gasteiger partial charge in [0, 0.05) is 6.20 Å². The van der Waals surface area contributed by atoms with Crippen LogP contribution in [0.15, 0.2) is 41.0 Å². The number of hydrogen-bond donors (Lipinski definition) is 0. The number of halogens is 6. The Morgan fingerprint density at radius 2 is 1.71 bits per heavy atom. The van der Waals surface area contributed by atoms with Gasteiger partial charge in [-0.2, -0.15) is 26.3 Å². The third-order valence-electron chi connectivity index (χ3n) is 4.70. The van der Waals surface area contributed by atoms with Gasteiger partial charge in [0.15, 0.2) is 9.84 Å². The molecule has 2 aromatic heterocycles. The summed E-state index contributed by atoms with van der Waals surface area (Å²) < 4.78 is 104. The molecule has 3 rings (SSSR count). The van der Waals surface area contributed by atoms with E-state index in [0.29, 0.717) is 23.4 Å². The average Bonchev–Trinajstić information content (AvgIpc) is 2.88. The zero-order valence-electron chi connectivity index (χ0n) is 16.3. The van der Waals surface area contributed by atoms with Crippen molar-refractivity contribution in [3.05, 3.63) is 58.4 Å². The summed E-state index contributed by atoms with van der Waals surface area (Å²) >= 11 is 0. The zero-order chi connectivity index (χ0) is 23.2. The molecule has 0 aliphatic heterocycles. The summed E-state index contributed by atoms with van der Waals surface area (Å²) in [4.78, 5) is 7.22. The summed E-state index contributed by atoms with van der Waals surface area (Å²) in [6.07, 6.45) is -5.76. The second-order valence-corrected chi connectivity index (χ2v) is 9.12. The largest absolute Gasteiger partial charge is 0.417 e. The molecule has 0 saturated heterocycles. The van der Waals surface area contributed by atoms with Crippen LogP contribution in [0.25, 0.3) is 17.5 Å². The van der Waals surface area contributed by atoms with Crippen molar-refractivity contribution in [2.24, 2.45) is 0 Å². The van der Waals surface area contributed by atoms with E-state index >= 15 is 0 Å². The van der Waals surface area contributed by atoms with Crippen LogP contribution in [-0.4, -0.2) is 30.3 Å². The number of aryl methyl sites for hydroxylation is 1. The number of hydrogen-bond acceptors (Lipinski definition) is 4. The standard InChI is InChI=1S/C20H16F6N2O2S/c1-3-31(29,30)16-9-14(20(24,25)26)10-27-18(16)17-11(2)7-12-5-4-6-13(19(21,22)23)8-15(12)28-17/h4,6-10H,3,5H2,1-2H3. The Labute approximate surface area is 174 Å². The molecule has 0 unspecified atom stereocenters. The summed E-state index contributed by atoms with van der Waals surface area (Å²) in [5.41, 5.74) is -1.86. The van der Waals surface area contributed by atoms with E-state index in [1.165, 1.54) is 26.0 Å². The zero-order valence-corrected chi connectivity index (χ0v) is 17.1. The van der Waals surface area contributed by atoms with Crippen LogP contribution in [-0.2, 0) is 22.4 Å². The maximum Gasteiger partial charge on any atom is 0.417 e. The number of aromatic nitrogens is 2. The van der Waals surface area contributed by atoms with Crippen LogP contribution in [0.4, 0.5) is 26.3 Å². The van der Waals surface area contributed by atoms with Gasteiger partial charge < -0.3 is 0 Å². The minimum atomic E-state index is -4.82. The first kappa shape index (κ1) is 23.0. The van der Waals surface area contributed by atoms with Crippen LogP contribution in [0, 0.1) is 6.92 Å². The van der Waals surface area contributed by atoms with Crippen molar-refractivity contribution in [3.8, 4) is 11.4 Å². The fraction of sp³-hybridized carbons (Fsp3) is 0.300. The van der Waals surface area contributed by atoms with E-state index in [1.807, 2.05) is 0 Å². The molecule has 1 aliphatic rings. The third kappa shape index (κ3) is 4.65. The average molecular weight is 462 g/mol. The number of allylic oxidation sites excluding steroid dienone is 3. The van der Waals surface area contributed by atoms with Gasteiger partial charge in [-0.05, 0) is 36.6 Å². The molecule has 0 saturated carbocycles. The molecule has 2 aromatic rings. The van der Waals surface area contributed by atoms with Gasteiger partial charge in [0.05, 0.1) is 33.2 Å². The molecule has 2 heterocycles. The number of fused-ring (bicyclic) bond motifs is 1. The van der Waals surface area contributed by atoms with E-state index in [1.54, 1.807) is 0 Å². The smallest absolute Gasteiger partial charge is 0.253 e. The molecule has 0 spiro atoms. The minimum Gasteiger partial charge on any atom is -0.253 e. The number of rotatable bonds is 3. The Balaban J connectivity index is 2.29. The van der Waals surface area contributed by atoms with E-state index in [2.05, 4.69) is 9.97 Å². The lowest BCUT2D eigenvalue weighted by Crippen LogP contribution is -2.13. The highest BCUT2D eigenvalue weighted by Gasteiger charge is 2.35. The molecule has 1 aliphatic carbocycles. The lowest BCUT2D eigenvalue weighted by molar-refractivity contribution is -0.138. The Morgan fingerprint density at radius 3 is 2.29 bits per heavy atom. The summed E-state index contributed by atoms with van der Waals surface area (Å²) in [5, 5.41) is 0. The van der Waals surface area contributed by atoms with Crippen molar-refractivity contribution in [2.75, 3.05) is 5.75 Å². The predicted octanol–water partition coefficient (Wildman–Crippen LogP) is 5.32. The molecule has 11 heteroatoms. The third-order valence-corrected chi connectivity index (χ3v) is 6.44. The lowest BCUT2D eigenvalue weighted by atomic mass is 10.0. The molecule has 0 fully saturated rings.